The Balaban J connectivity index is 0.000000791. The summed E-state index contributed by atoms with van der Waals surface area (Å²) in [6, 6.07) is 4.02. The zero-order valence-electron chi connectivity index (χ0n) is 8.15. The van der Waals surface area contributed by atoms with E-state index in [1.807, 2.05) is 13.8 Å². The van der Waals surface area contributed by atoms with Crippen LogP contribution in [0.1, 0.15) is 13.8 Å². The molecule has 1 aromatic rings. The molecule has 0 aliphatic carbocycles. The smallest absolute Gasteiger partial charge is 0.271 e. The number of hydrogen-bond donors (Lipinski definition) is 3. The first kappa shape index (κ1) is 12.2. The summed E-state index contributed by atoms with van der Waals surface area (Å²) in [7, 11) is 0. The van der Waals surface area contributed by atoms with Crippen LogP contribution in [0.2, 0.25) is 0 Å². The summed E-state index contributed by atoms with van der Waals surface area (Å²) < 4.78 is 0. The highest BCUT2D eigenvalue weighted by atomic mass is 16.6. The Hall–Kier alpha value is -1.82. The topological polar surface area (TPSA) is 107 Å². The monoisotopic (exact) mass is 198 g/mol. The van der Waals surface area contributed by atoms with Gasteiger partial charge in [-0.3, -0.25) is 16.0 Å². The van der Waals surface area contributed by atoms with E-state index in [9.17, 15) is 10.1 Å². The van der Waals surface area contributed by atoms with Crippen molar-refractivity contribution < 1.29 is 4.92 Å². The Kier molecular flexibility index (Phi) is 5.01. The highest BCUT2D eigenvalue weighted by molar-refractivity contribution is 5.68. The van der Waals surface area contributed by atoms with E-state index in [1.165, 1.54) is 18.2 Å². The minimum atomic E-state index is -0.517. The minimum absolute atomic E-state index is 0.0495. The number of hydrogen-bond acceptors (Lipinski definition) is 5. The van der Waals surface area contributed by atoms with E-state index in [0.29, 0.717) is 5.69 Å². The molecule has 0 heterocycles. The minimum Gasteiger partial charge on any atom is -0.397 e. The SMILES string of the molecule is CC.NNc1ccc([N+](=O)[O-])cc1N. The van der Waals surface area contributed by atoms with E-state index in [0.717, 1.165) is 0 Å². The first-order valence-electron chi connectivity index (χ1n) is 4.15. The van der Waals surface area contributed by atoms with Crippen LogP contribution in [-0.4, -0.2) is 4.92 Å². The number of benzene rings is 1. The second kappa shape index (κ2) is 5.76. The molecule has 0 amide bonds. The Morgan fingerprint density at radius 2 is 2.00 bits per heavy atom. The van der Waals surface area contributed by atoms with Gasteiger partial charge < -0.3 is 11.2 Å². The molecule has 78 valence electrons. The van der Waals surface area contributed by atoms with Crippen molar-refractivity contribution in [1.29, 1.82) is 0 Å². The van der Waals surface area contributed by atoms with E-state index < -0.39 is 4.92 Å². The van der Waals surface area contributed by atoms with Gasteiger partial charge in [-0.15, -0.1) is 0 Å². The second-order valence-electron chi connectivity index (χ2n) is 2.17. The number of non-ortho nitro benzene ring substituents is 1. The lowest BCUT2D eigenvalue weighted by molar-refractivity contribution is -0.384. The molecule has 0 aromatic heterocycles. The molecule has 6 heteroatoms. The fourth-order valence-corrected chi connectivity index (χ4v) is 0.795. The molecule has 0 saturated carbocycles. The third-order valence-electron chi connectivity index (χ3n) is 1.40. The quantitative estimate of drug-likeness (QED) is 0.289. The summed E-state index contributed by atoms with van der Waals surface area (Å²) in [6.07, 6.45) is 0. The Morgan fingerprint density at radius 3 is 2.36 bits per heavy atom. The molecule has 0 spiro atoms. The van der Waals surface area contributed by atoms with E-state index in [4.69, 9.17) is 11.6 Å². The van der Waals surface area contributed by atoms with E-state index in [-0.39, 0.29) is 11.4 Å². The fourth-order valence-electron chi connectivity index (χ4n) is 0.795. The molecule has 0 aliphatic rings. The van der Waals surface area contributed by atoms with Gasteiger partial charge in [0.15, 0.2) is 0 Å². The van der Waals surface area contributed by atoms with Crippen molar-refractivity contribution in [2.24, 2.45) is 5.84 Å². The maximum atomic E-state index is 10.3. The van der Waals surface area contributed by atoms with Gasteiger partial charge in [0.05, 0.1) is 16.3 Å². The highest BCUT2D eigenvalue weighted by Gasteiger charge is 2.06. The zero-order valence-corrected chi connectivity index (χ0v) is 8.15. The van der Waals surface area contributed by atoms with Crippen molar-refractivity contribution in [2.75, 3.05) is 11.2 Å². The van der Waals surface area contributed by atoms with Crippen molar-refractivity contribution in [3.63, 3.8) is 0 Å². The number of rotatable bonds is 2. The summed E-state index contributed by atoms with van der Waals surface area (Å²) in [5.74, 6) is 5.08. The van der Waals surface area contributed by atoms with Gasteiger partial charge in [-0.05, 0) is 6.07 Å². The van der Waals surface area contributed by atoms with Crippen LogP contribution in [0.5, 0.6) is 0 Å². The van der Waals surface area contributed by atoms with Gasteiger partial charge in [0, 0.05) is 12.1 Å². The van der Waals surface area contributed by atoms with Gasteiger partial charge in [0.2, 0.25) is 0 Å². The lowest BCUT2D eigenvalue weighted by Gasteiger charge is -2.02. The van der Waals surface area contributed by atoms with Crippen molar-refractivity contribution in [3.05, 3.63) is 28.3 Å². The normalized spacial score (nSPS) is 8.50. The van der Waals surface area contributed by atoms with Crippen molar-refractivity contribution in [2.45, 2.75) is 13.8 Å². The largest absolute Gasteiger partial charge is 0.397 e. The number of anilines is 2. The third kappa shape index (κ3) is 2.91. The van der Waals surface area contributed by atoms with Crippen molar-refractivity contribution >= 4 is 17.1 Å². The van der Waals surface area contributed by atoms with Crippen LogP contribution in [0.15, 0.2) is 18.2 Å². The molecule has 6 nitrogen and oxygen atoms in total. The summed E-state index contributed by atoms with van der Waals surface area (Å²) in [4.78, 5) is 9.73. The zero-order chi connectivity index (χ0) is 11.1. The van der Waals surface area contributed by atoms with Crippen LogP contribution in [0.25, 0.3) is 0 Å². The Labute approximate surface area is 82.0 Å². The number of nitrogen functional groups attached to an aromatic ring is 2. The first-order chi connectivity index (χ1) is 6.65. The van der Waals surface area contributed by atoms with Gasteiger partial charge in [-0.25, -0.2) is 0 Å². The molecular weight excluding hydrogens is 184 g/mol. The molecule has 0 aliphatic heterocycles. The molecule has 1 aromatic carbocycles. The van der Waals surface area contributed by atoms with Crippen LogP contribution >= 0.6 is 0 Å². The number of nitrogens with one attached hydrogen (secondary N) is 1. The van der Waals surface area contributed by atoms with E-state index >= 15 is 0 Å². The van der Waals surface area contributed by atoms with Crippen LogP contribution in [0.4, 0.5) is 17.1 Å². The van der Waals surface area contributed by atoms with E-state index in [2.05, 4.69) is 5.43 Å². The van der Waals surface area contributed by atoms with E-state index in [1.54, 1.807) is 0 Å². The highest BCUT2D eigenvalue weighted by Crippen LogP contribution is 2.22. The first-order valence-corrected chi connectivity index (χ1v) is 4.15. The molecule has 0 fully saturated rings. The summed E-state index contributed by atoms with van der Waals surface area (Å²) in [5, 5.41) is 10.3. The lowest BCUT2D eigenvalue weighted by atomic mass is 10.2. The van der Waals surface area contributed by atoms with Crippen LogP contribution in [-0.2, 0) is 0 Å². The molecule has 0 atom stereocenters. The van der Waals surface area contributed by atoms with Gasteiger partial charge in [-0.2, -0.15) is 0 Å². The molecule has 0 bridgehead atoms. The summed E-state index contributed by atoms with van der Waals surface area (Å²) in [5.41, 5.74) is 8.42. The van der Waals surface area contributed by atoms with Crippen molar-refractivity contribution in [1.82, 2.24) is 0 Å². The van der Waals surface area contributed by atoms with Gasteiger partial charge in [-0.1, -0.05) is 13.8 Å². The maximum absolute atomic E-state index is 10.3. The van der Waals surface area contributed by atoms with Crippen LogP contribution < -0.4 is 17.0 Å². The summed E-state index contributed by atoms with van der Waals surface area (Å²) >= 11 is 0. The predicted octanol–water partition coefficient (Wildman–Crippen LogP) is 1.49. The molecule has 5 N–H and O–H groups in total. The Bertz CT molecular complexity index is 314. The maximum Gasteiger partial charge on any atom is 0.271 e. The molecule has 0 radical (unpaired) electrons. The number of hydrazine groups is 1. The number of nitrogens with zero attached hydrogens (tertiary/aromatic N) is 1. The molecule has 1 rings (SSSR count). The average molecular weight is 198 g/mol. The van der Waals surface area contributed by atoms with Gasteiger partial charge >= 0.3 is 0 Å². The van der Waals surface area contributed by atoms with Gasteiger partial charge in [0.25, 0.3) is 5.69 Å². The average Bonchev–Trinajstić information content (AvgIpc) is 2.20. The molecule has 0 saturated heterocycles. The fraction of sp³-hybridized carbons (Fsp3) is 0.250. The number of nitro groups is 1. The standard InChI is InChI=1S/C6H8N4O2.C2H6/c7-5-3-4(10(11)12)1-2-6(5)9-8;1-2/h1-3,9H,7-8H2;1-2H3. The predicted molar refractivity (Wildman–Crippen MR) is 56.7 cm³/mol. The second-order valence-corrected chi connectivity index (χ2v) is 2.17. The molecule has 0 unspecified atom stereocenters. The van der Waals surface area contributed by atoms with Crippen LogP contribution in [0, 0.1) is 10.1 Å². The third-order valence-corrected chi connectivity index (χ3v) is 1.40. The Morgan fingerprint density at radius 1 is 1.43 bits per heavy atom. The van der Waals surface area contributed by atoms with Gasteiger partial charge in [0.1, 0.15) is 0 Å². The molecule has 14 heavy (non-hydrogen) atoms. The lowest BCUT2D eigenvalue weighted by Crippen LogP contribution is -2.09. The summed E-state index contributed by atoms with van der Waals surface area (Å²) in [6.45, 7) is 4.00. The van der Waals surface area contributed by atoms with Crippen molar-refractivity contribution in [3.8, 4) is 0 Å². The molecular formula is C8H14N4O2. The van der Waals surface area contributed by atoms with Crippen LogP contribution in [0.3, 0.4) is 0 Å². The number of nitrogens with two attached hydrogens (primary N) is 2. The number of nitro benzene ring substituents is 1.